The van der Waals surface area contributed by atoms with Gasteiger partial charge in [-0.3, -0.25) is 0 Å². The monoisotopic (exact) mass is 233 g/mol. The zero-order chi connectivity index (χ0) is 12.3. The zero-order valence-electron chi connectivity index (χ0n) is 10.4. The van der Waals surface area contributed by atoms with Crippen molar-refractivity contribution in [1.82, 2.24) is 5.32 Å². The number of hydrogen-bond donors (Lipinski definition) is 1. The first kappa shape index (κ1) is 12.1. The van der Waals surface area contributed by atoms with E-state index in [4.69, 9.17) is 0 Å². The number of benzene rings is 1. The van der Waals surface area contributed by atoms with Crippen molar-refractivity contribution in [2.75, 3.05) is 13.7 Å². The van der Waals surface area contributed by atoms with Crippen LogP contribution in [0.2, 0.25) is 0 Å². The molecule has 0 spiro atoms. The Hall–Kier alpha value is -1.35. The quantitative estimate of drug-likeness (QED) is 0.792. The number of methoxy groups -OCH3 is 1. The molecule has 3 heteroatoms. The van der Waals surface area contributed by atoms with Gasteiger partial charge in [0.1, 0.15) is 0 Å². The van der Waals surface area contributed by atoms with Gasteiger partial charge in [0.2, 0.25) is 0 Å². The molecule has 0 aromatic heterocycles. The second-order valence-corrected chi connectivity index (χ2v) is 4.79. The maximum absolute atomic E-state index is 11.2. The molecule has 1 fully saturated rings. The third-order valence-electron chi connectivity index (χ3n) is 3.39. The van der Waals surface area contributed by atoms with Crippen LogP contribution in [-0.4, -0.2) is 19.6 Å². The fourth-order valence-electron chi connectivity index (χ4n) is 1.96. The first-order chi connectivity index (χ1) is 8.20. The van der Waals surface area contributed by atoms with E-state index < -0.39 is 0 Å². The smallest absolute Gasteiger partial charge is 0.337 e. The summed E-state index contributed by atoms with van der Waals surface area (Å²) in [6.45, 7) is 4.25. The van der Waals surface area contributed by atoms with Crippen molar-refractivity contribution in [1.29, 1.82) is 0 Å². The van der Waals surface area contributed by atoms with Crippen LogP contribution < -0.4 is 5.32 Å². The van der Waals surface area contributed by atoms with E-state index in [1.165, 1.54) is 19.1 Å². The molecule has 2 atom stereocenters. The molecule has 17 heavy (non-hydrogen) atoms. The van der Waals surface area contributed by atoms with Crippen LogP contribution in [0, 0.1) is 11.8 Å². The lowest BCUT2D eigenvalue weighted by Crippen LogP contribution is -2.16. The van der Waals surface area contributed by atoms with E-state index in [-0.39, 0.29) is 5.97 Å². The van der Waals surface area contributed by atoms with Crippen molar-refractivity contribution in [2.24, 2.45) is 11.8 Å². The molecule has 0 radical (unpaired) electrons. The minimum Gasteiger partial charge on any atom is -0.465 e. The van der Waals surface area contributed by atoms with E-state index >= 15 is 0 Å². The summed E-state index contributed by atoms with van der Waals surface area (Å²) in [6.07, 6.45) is 1.36. The molecule has 1 aliphatic rings. The summed E-state index contributed by atoms with van der Waals surface area (Å²) in [5.41, 5.74) is 1.80. The molecule has 1 N–H and O–H groups in total. The number of hydrogen-bond acceptors (Lipinski definition) is 3. The van der Waals surface area contributed by atoms with Crippen molar-refractivity contribution >= 4 is 5.97 Å². The molecule has 1 aromatic rings. The van der Waals surface area contributed by atoms with E-state index in [9.17, 15) is 4.79 Å². The fraction of sp³-hybridized carbons (Fsp3) is 0.500. The Morgan fingerprint density at radius 2 is 2.06 bits per heavy atom. The second kappa shape index (κ2) is 5.32. The lowest BCUT2D eigenvalue weighted by atomic mass is 10.1. The molecule has 0 bridgehead atoms. The summed E-state index contributed by atoms with van der Waals surface area (Å²) in [7, 11) is 1.40. The number of carbonyl (C=O) groups is 1. The van der Waals surface area contributed by atoms with E-state index in [1.54, 1.807) is 0 Å². The van der Waals surface area contributed by atoms with Gasteiger partial charge in [-0.15, -0.1) is 0 Å². The molecule has 92 valence electrons. The van der Waals surface area contributed by atoms with Gasteiger partial charge in [0, 0.05) is 6.54 Å². The van der Waals surface area contributed by atoms with Crippen molar-refractivity contribution in [2.45, 2.75) is 19.9 Å². The Labute approximate surface area is 102 Å². The minimum atomic E-state index is -0.281. The maximum atomic E-state index is 11.2. The van der Waals surface area contributed by atoms with Crippen LogP contribution in [-0.2, 0) is 11.3 Å². The van der Waals surface area contributed by atoms with Gasteiger partial charge < -0.3 is 10.1 Å². The van der Waals surface area contributed by atoms with Gasteiger partial charge >= 0.3 is 5.97 Å². The third kappa shape index (κ3) is 3.30. The molecule has 0 amide bonds. The van der Waals surface area contributed by atoms with Crippen molar-refractivity contribution in [3.8, 4) is 0 Å². The summed E-state index contributed by atoms with van der Waals surface area (Å²) < 4.78 is 4.65. The average Bonchev–Trinajstić information content (AvgIpc) is 3.05. The molecular formula is C14H19NO2. The van der Waals surface area contributed by atoms with Gasteiger partial charge in [-0.05, 0) is 42.5 Å². The Bertz CT molecular complexity index is 386. The number of ether oxygens (including phenoxy) is 1. The maximum Gasteiger partial charge on any atom is 0.337 e. The number of nitrogens with one attached hydrogen (secondary N) is 1. The number of carbonyl (C=O) groups excluding carboxylic acids is 1. The van der Waals surface area contributed by atoms with Gasteiger partial charge in [-0.2, -0.15) is 0 Å². The van der Waals surface area contributed by atoms with Crippen molar-refractivity contribution < 1.29 is 9.53 Å². The number of rotatable bonds is 5. The van der Waals surface area contributed by atoms with Gasteiger partial charge in [-0.25, -0.2) is 4.79 Å². The Morgan fingerprint density at radius 3 is 2.59 bits per heavy atom. The lowest BCUT2D eigenvalue weighted by molar-refractivity contribution is 0.0600. The zero-order valence-corrected chi connectivity index (χ0v) is 10.4. The summed E-state index contributed by atoms with van der Waals surface area (Å²) >= 11 is 0. The topological polar surface area (TPSA) is 38.3 Å². The van der Waals surface area contributed by atoms with Crippen molar-refractivity contribution in [3.63, 3.8) is 0 Å². The summed E-state index contributed by atoms with van der Waals surface area (Å²) in [6, 6.07) is 7.55. The van der Waals surface area contributed by atoms with Crippen LogP contribution in [0.15, 0.2) is 24.3 Å². The second-order valence-electron chi connectivity index (χ2n) is 4.79. The summed E-state index contributed by atoms with van der Waals surface area (Å²) in [5, 5.41) is 3.44. The highest BCUT2D eigenvalue weighted by atomic mass is 16.5. The normalized spacial score (nSPS) is 22.2. The Kier molecular flexibility index (Phi) is 3.79. The van der Waals surface area contributed by atoms with Gasteiger partial charge in [0.25, 0.3) is 0 Å². The van der Waals surface area contributed by atoms with Crippen LogP contribution in [0.3, 0.4) is 0 Å². The molecule has 1 aliphatic carbocycles. The van der Waals surface area contributed by atoms with E-state index in [2.05, 4.69) is 17.0 Å². The van der Waals surface area contributed by atoms with Crippen LogP contribution in [0.25, 0.3) is 0 Å². The SMILES string of the molecule is COC(=O)c1ccc(CNCC2CC2C)cc1. The molecule has 0 aliphatic heterocycles. The summed E-state index contributed by atoms with van der Waals surface area (Å²) in [5.74, 6) is 1.48. The Morgan fingerprint density at radius 1 is 1.41 bits per heavy atom. The molecule has 0 saturated heterocycles. The molecule has 2 unspecified atom stereocenters. The predicted molar refractivity (Wildman–Crippen MR) is 66.8 cm³/mol. The first-order valence-corrected chi connectivity index (χ1v) is 6.08. The largest absolute Gasteiger partial charge is 0.465 e. The van der Waals surface area contributed by atoms with Crippen LogP contribution >= 0.6 is 0 Å². The average molecular weight is 233 g/mol. The van der Waals surface area contributed by atoms with Crippen molar-refractivity contribution in [3.05, 3.63) is 35.4 Å². The molecular weight excluding hydrogens is 214 g/mol. The van der Waals surface area contributed by atoms with E-state index in [0.29, 0.717) is 5.56 Å². The predicted octanol–water partition coefficient (Wildman–Crippen LogP) is 2.22. The molecule has 0 heterocycles. The lowest BCUT2D eigenvalue weighted by Gasteiger charge is -2.05. The molecule has 2 rings (SSSR count). The summed E-state index contributed by atoms with van der Waals surface area (Å²) in [4.78, 5) is 11.2. The minimum absolute atomic E-state index is 0.281. The third-order valence-corrected chi connectivity index (χ3v) is 3.39. The standard InChI is InChI=1S/C14H19NO2/c1-10-7-13(10)9-15-8-11-3-5-12(6-4-11)14(16)17-2/h3-6,10,13,15H,7-9H2,1-2H3. The highest BCUT2D eigenvalue weighted by Gasteiger charge is 2.31. The highest BCUT2D eigenvalue weighted by Crippen LogP contribution is 2.36. The Balaban J connectivity index is 1.79. The molecule has 1 aromatic carbocycles. The van der Waals surface area contributed by atoms with Crippen LogP contribution in [0.5, 0.6) is 0 Å². The highest BCUT2D eigenvalue weighted by molar-refractivity contribution is 5.89. The van der Waals surface area contributed by atoms with Gasteiger partial charge in [0.15, 0.2) is 0 Å². The number of esters is 1. The molecule has 3 nitrogen and oxygen atoms in total. The van der Waals surface area contributed by atoms with Gasteiger partial charge in [0.05, 0.1) is 12.7 Å². The van der Waals surface area contributed by atoms with Gasteiger partial charge in [-0.1, -0.05) is 19.1 Å². The van der Waals surface area contributed by atoms with E-state index in [1.807, 2.05) is 24.3 Å². The van der Waals surface area contributed by atoms with Crippen LogP contribution in [0.1, 0.15) is 29.3 Å². The molecule has 1 saturated carbocycles. The van der Waals surface area contributed by atoms with E-state index in [0.717, 1.165) is 24.9 Å². The first-order valence-electron chi connectivity index (χ1n) is 6.08. The fourth-order valence-corrected chi connectivity index (χ4v) is 1.96. The van der Waals surface area contributed by atoms with Crippen LogP contribution in [0.4, 0.5) is 0 Å².